The fraction of sp³-hybridized carbons (Fsp3) is 0.105. The van der Waals surface area contributed by atoms with Gasteiger partial charge >= 0.3 is 0 Å². The summed E-state index contributed by atoms with van der Waals surface area (Å²) in [6.45, 7) is 2.55. The summed E-state index contributed by atoms with van der Waals surface area (Å²) in [4.78, 5) is 17.2. The van der Waals surface area contributed by atoms with E-state index in [1.165, 1.54) is 16.9 Å². The maximum absolute atomic E-state index is 12.4. The minimum Gasteiger partial charge on any atom is -0.366 e. The molecular weight excluding hydrogens is 346 g/mol. The van der Waals surface area contributed by atoms with E-state index in [2.05, 4.69) is 21.5 Å². The van der Waals surface area contributed by atoms with Crippen LogP contribution in [-0.2, 0) is 6.54 Å². The number of carbonyl (C=O) groups is 1. The first kappa shape index (κ1) is 16.3. The Morgan fingerprint density at radius 2 is 2.12 bits per heavy atom. The number of benzene rings is 1. The Kier molecular flexibility index (Phi) is 4.14. The van der Waals surface area contributed by atoms with Crippen LogP contribution in [0, 0.1) is 6.92 Å². The number of thiophene rings is 1. The van der Waals surface area contributed by atoms with Gasteiger partial charge in [-0.3, -0.25) is 4.79 Å². The van der Waals surface area contributed by atoms with Gasteiger partial charge in [-0.25, -0.2) is 4.52 Å². The summed E-state index contributed by atoms with van der Waals surface area (Å²) in [5, 5.41) is 9.05. The van der Waals surface area contributed by atoms with E-state index >= 15 is 0 Å². The van der Waals surface area contributed by atoms with Gasteiger partial charge in [0.1, 0.15) is 0 Å². The van der Waals surface area contributed by atoms with Crippen molar-refractivity contribution in [2.45, 2.75) is 13.5 Å². The number of hydrogen-bond donors (Lipinski definition) is 2. The molecule has 26 heavy (non-hydrogen) atoms. The Balaban J connectivity index is 1.50. The third-order valence-corrected chi connectivity index (χ3v) is 4.97. The third-order valence-electron chi connectivity index (χ3n) is 4.04. The molecule has 1 amide bonds. The molecule has 3 N–H and O–H groups in total. The van der Waals surface area contributed by atoms with Gasteiger partial charge < -0.3 is 11.1 Å². The molecule has 6 nitrogen and oxygen atoms in total. The number of amides is 1. The highest BCUT2D eigenvalue weighted by molar-refractivity contribution is 7.12. The molecule has 3 heterocycles. The van der Waals surface area contributed by atoms with Crippen LogP contribution >= 0.6 is 11.3 Å². The maximum Gasteiger partial charge on any atom is 0.261 e. The van der Waals surface area contributed by atoms with Gasteiger partial charge in [-0.1, -0.05) is 29.8 Å². The van der Waals surface area contributed by atoms with Crippen LogP contribution in [0.2, 0.25) is 0 Å². The Labute approximate surface area is 154 Å². The minimum absolute atomic E-state index is 0.0752. The van der Waals surface area contributed by atoms with Crippen molar-refractivity contribution in [3.63, 3.8) is 0 Å². The van der Waals surface area contributed by atoms with Crippen LogP contribution in [0.5, 0.6) is 0 Å². The molecule has 0 aliphatic heterocycles. The van der Waals surface area contributed by atoms with Gasteiger partial charge in [0.15, 0.2) is 5.65 Å². The molecule has 0 saturated carbocycles. The average molecular weight is 363 g/mol. The molecule has 0 aliphatic carbocycles. The number of pyridine rings is 1. The zero-order valence-electron chi connectivity index (χ0n) is 14.1. The molecule has 130 valence electrons. The zero-order chi connectivity index (χ0) is 18.1. The number of anilines is 1. The van der Waals surface area contributed by atoms with Crippen LogP contribution in [0.15, 0.2) is 54.0 Å². The van der Waals surface area contributed by atoms with Crippen molar-refractivity contribution >= 4 is 28.8 Å². The van der Waals surface area contributed by atoms with E-state index in [0.29, 0.717) is 17.1 Å². The number of aromatic nitrogens is 3. The predicted molar refractivity (Wildman–Crippen MR) is 103 cm³/mol. The molecule has 0 bridgehead atoms. The number of rotatable bonds is 4. The largest absolute Gasteiger partial charge is 0.366 e. The van der Waals surface area contributed by atoms with Crippen LogP contribution in [0.1, 0.15) is 20.8 Å². The summed E-state index contributed by atoms with van der Waals surface area (Å²) in [7, 11) is 0. The van der Waals surface area contributed by atoms with Crippen molar-refractivity contribution in [3.05, 3.63) is 70.0 Å². The van der Waals surface area contributed by atoms with Crippen LogP contribution in [0.3, 0.4) is 0 Å². The predicted octanol–water partition coefficient (Wildman–Crippen LogP) is 3.28. The zero-order valence-corrected chi connectivity index (χ0v) is 15.0. The van der Waals surface area contributed by atoms with Crippen molar-refractivity contribution in [2.24, 2.45) is 0 Å². The number of fused-ring (bicyclic) bond motifs is 1. The molecule has 3 aromatic heterocycles. The Hall–Kier alpha value is -3.19. The molecule has 0 fully saturated rings. The van der Waals surface area contributed by atoms with Gasteiger partial charge in [0.2, 0.25) is 5.95 Å². The second kappa shape index (κ2) is 6.61. The van der Waals surface area contributed by atoms with E-state index in [1.54, 1.807) is 4.52 Å². The number of carbonyl (C=O) groups excluding carboxylic acids is 1. The lowest BCUT2D eigenvalue weighted by atomic mass is 10.1. The van der Waals surface area contributed by atoms with Gasteiger partial charge in [0, 0.05) is 18.3 Å². The molecule has 7 heteroatoms. The summed E-state index contributed by atoms with van der Waals surface area (Å²) >= 11 is 1.42. The van der Waals surface area contributed by atoms with E-state index in [1.807, 2.05) is 54.9 Å². The molecule has 0 unspecified atom stereocenters. The molecule has 0 atom stereocenters. The molecule has 0 saturated heterocycles. The summed E-state index contributed by atoms with van der Waals surface area (Å²) in [6.07, 6.45) is 1.86. The minimum atomic E-state index is -0.0752. The molecule has 4 rings (SSSR count). The smallest absolute Gasteiger partial charge is 0.261 e. The van der Waals surface area contributed by atoms with Gasteiger partial charge in [0.05, 0.1) is 4.88 Å². The molecular formula is C19H17N5OS. The van der Waals surface area contributed by atoms with Gasteiger partial charge in [-0.15, -0.1) is 16.4 Å². The van der Waals surface area contributed by atoms with Crippen molar-refractivity contribution in [2.75, 3.05) is 5.73 Å². The number of aryl methyl sites for hydroxylation is 1. The highest BCUT2D eigenvalue weighted by atomic mass is 32.1. The second-order valence-corrected chi connectivity index (χ2v) is 6.97. The van der Waals surface area contributed by atoms with Crippen LogP contribution in [0.4, 0.5) is 5.95 Å². The summed E-state index contributed by atoms with van der Waals surface area (Å²) in [6, 6.07) is 13.8. The number of nitrogens with one attached hydrogen (secondary N) is 1. The van der Waals surface area contributed by atoms with Crippen LogP contribution in [0.25, 0.3) is 16.8 Å². The maximum atomic E-state index is 12.4. The van der Waals surface area contributed by atoms with Crippen LogP contribution < -0.4 is 11.1 Å². The summed E-state index contributed by atoms with van der Waals surface area (Å²) in [5.41, 5.74) is 10.5. The second-order valence-electron chi connectivity index (χ2n) is 6.06. The Bertz CT molecular complexity index is 1100. The highest BCUT2D eigenvalue weighted by Crippen LogP contribution is 2.26. The van der Waals surface area contributed by atoms with E-state index in [9.17, 15) is 4.79 Å². The molecule has 0 spiro atoms. The lowest BCUT2D eigenvalue weighted by molar-refractivity contribution is 0.0955. The number of nitrogen functional groups attached to an aromatic ring is 1. The number of nitrogens with two attached hydrogens (primary N) is 1. The monoisotopic (exact) mass is 363 g/mol. The van der Waals surface area contributed by atoms with E-state index in [4.69, 9.17) is 5.73 Å². The Morgan fingerprint density at radius 3 is 2.96 bits per heavy atom. The van der Waals surface area contributed by atoms with Gasteiger partial charge in [0.25, 0.3) is 5.91 Å². The molecule has 0 radical (unpaired) electrons. The quantitative estimate of drug-likeness (QED) is 0.583. The average Bonchev–Trinajstić information content (AvgIpc) is 3.24. The number of nitrogens with zero attached hydrogens (tertiary/aromatic N) is 3. The first-order valence-electron chi connectivity index (χ1n) is 8.13. The summed E-state index contributed by atoms with van der Waals surface area (Å²) in [5.74, 6) is 0.164. The summed E-state index contributed by atoms with van der Waals surface area (Å²) < 4.78 is 1.64. The number of hydrogen-bond acceptors (Lipinski definition) is 5. The van der Waals surface area contributed by atoms with Crippen molar-refractivity contribution < 1.29 is 4.79 Å². The SMILES string of the molecule is Cc1cccc(CNC(=O)c2cc(-c3ccc4nc(N)nn4c3)cs2)c1. The highest BCUT2D eigenvalue weighted by Gasteiger charge is 2.11. The first-order chi connectivity index (χ1) is 12.6. The first-order valence-corrected chi connectivity index (χ1v) is 9.01. The Morgan fingerprint density at radius 1 is 1.23 bits per heavy atom. The lowest BCUT2D eigenvalue weighted by Crippen LogP contribution is -2.21. The van der Waals surface area contributed by atoms with Gasteiger partial charge in [-0.05, 0) is 41.6 Å². The third kappa shape index (κ3) is 3.29. The fourth-order valence-corrected chi connectivity index (χ4v) is 3.60. The normalized spacial score (nSPS) is 11.0. The topological polar surface area (TPSA) is 85.3 Å². The van der Waals surface area contributed by atoms with E-state index < -0.39 is 0 Å². The molecule has 0 aliphatic rings. The van der Waals surface area contributed by atoms with Crippen molar-refractivity contribution in [1.82, 2.24) is 19.9 Å². The van der Waals surface area contributed by atoms with Gasteiger partial charge in [-0.2, -0.15) is 4.98 Å². The van der Waals surface area contributed by atoms with Crippen molar-refractivity contribution in [1.29, 1.82) is 0 Å². The lowest BCUT2D eigenvalue weighted by Gasteiger charge is -2.04. The van der Waals surface area contributed by atoms with E-state index in [-0.39, 0.29) is 11.9 Å². The fourth-order valence-electron chi connectivity index (χ4n) is 2.77. The molecule has 4 aromatic rings. The standard InChI is InChI=1S/C19H17N5OS/c1-12-3-2-4-13(7-12)9-21-18(25)16-8-15(11-26-16)14-5-6-17-22-19(20)23-24(17)10-14/h2-8,10-11H,9H2,1H3,(H2,20,23)(H,21,25). The van der Waals surface area contributed by atoms with Crippen LogP contribution in [-0.4, -0.2) is 20.5 Å². The van der Waals surface area contributed by atoms with E-state index in [0.717, 1.165) is 16.7 Å². The molecule has 1 aromatic carbocycles. The van der Waals surface area contributed by atoms with Crippen molar-refractivity contribution in [3.8, 4) is 11.1 Å².